The van der Waals surface area contributed by atoms with Gasteiger partial charge in [-0.2, -0.15) is 0 Å². The Kier molecular flexibility index (Phi) is 6.78. The third kappa shape index (κ3) is 4.58. The van der Waals surface area contributed by atoms with Crippen molar-refractivity contribution >= 4 is 61.8 Å². The molecule has 2 aromatic heterocycles. The van der Waals surface area contributed by atoms with Gasteiger partial charge in [0, 0.05) is 23.1 Å². The molecule has 222 valence electrons. The van der Waals surface area contributed by atoms with Crippen molar-refractivity contribution < 1.29 is 23.6 Å². The Balaban J connectivity index is 1.04. The molecule has 8 rings (SSSR count). The number of thiazole rings is 1. The molecule has 2 aromatic carbocycles. The third-order valence-corrected chi connectivity index (χ3v) is 11.1. The Bertz CT molecular complexity index is 1760. The standard InChI is InChI=1S/C32H29Cl2N3O5S/c1-40-31(39)17-10-19(15-4-2-5-15)27-25(11-17)43-32(35-27)37-18-12-20(30(37)38)24(13-18)41-14-21-28(36-42-29(21)16-8-9-16)26-22(33)6-3-7-23(26)34/h3,6-7,10-11,15-16,18,20,24H,2,4-5,8-9,12-14H2,1H3/t18-,20+,24+/m0/s1. The number of aromatic nitrogens is 2. The van der Waals surface area contributed by atoms with Crippen LogP contribution in [0.25, 0.3) is 21.5 Å². The molecule has 3 heterocycles. The molecule has 1 amide bonds. The predicted molar refractivity (Wildman–Crippen MR) is 164 cm³/mol. The Morgan fingerprint density at radius 3 is 2.58 bits per heavy atom. The first kappa shape index (κ1) is 27.6. The fourth-order valence-corrected chi connectivity index (χ4v) is 8.58. The molecule has 1 saturated heterocycles. The van der Waals surface area contributed by atoms with E-state index in [0.29, 0.717) is 43.8 Å². The van der Waals surface area contributed by atoms with Gasteiger partial charge in [-0.15, -0.1) is 0 Å². The molecule has 0 unspecified atom stereocenters. The second kappa shape index (κ2) is 10.6. The fourth-order valence-electron chi connectivity index (χ4n) is 6.89. The highest BCUT2D eigenvalue weighted by molar-refractivity contribution is 7.22. The van der Waals surface area contributed by atoms with Crippen molar-refractivity contribution in [3.63, 3.8) is 0 Å². The van der Waals surface area contributed by atoms with Crippen LogP contribution in [0, 0.1) is 5.92 Å². The summed E-state index contributed by atoms with van der Waals surface area (Å²) < 4.78 is 18.2. The van der Waals surface area contributed by atoms with Crippen LogP contribution in [0.3, 0.4) is 0 Å². The summed E-state index contributed by atoms with van der Waals surface area (Å²) in [5, 5.41) is 6.07. The first-order valence-electron chi connectivity index (χ1n) is 14.8. The number of hydrogen-bond acceptors (Lipinski definition) is 8. The Hall–Kier alpha value is -2.98. The van der Waals surface area contributed by atoms with E-state index >= 15 is 0 Å². The van der Waals surface area contributed by atoms with Crippen LogP contribution < -0.4 is 4.90 Å². The summed E-state index contributed by atoms with van der Waals surface area (Å²) in [7, 11) is 1.40. The number of benzene rings is 2. The number of piperidine rings is 1. The first-order valence-corrected chi connectivity index (χ1v) is 16.4. The molecular weight excluding hydrogens is 609 g/mol. The van der Waals surface area contributed by atoms with Gasteiger partial charge in [-0.05, 0) is 74.3 Å². The van der Waals surface area contributed by atoms with Gasteiger partial charge in [-0.1, -0.05) is 52.2 Å². The maximum absolute atomic E-state index is 13.8. The number of nitrogens with zero attached hydrogens (tertiary/aromatic N) is 3. The van der Waals surface area contributed by atoms with Crippen molar-refractivity contribution in [1.29, 1.82) is 0 Å². The normalized spacial score (nSPS) is 23.4. The summed E-state index contributed by atoms with van der Waals surface area (Å²) in [4.78, 5) is 33.0. The number of esters is 1. The minimum absolute atomic E-state index is 0.0122. The number of methoxy groups -OCH3 is 1. The molecule has 2 bridgehead atoms. The monoisotopic (exact) mass is 637 g/mol. The van der Waals surface area contributed by atoms with Crippen LogP contribution in [0.4, 0.5) is 5.13 Å². The maximum atomic E-state index is 13.8. The second-order valence-electron chi connectivity index (χ2n) is 12.1. The number of hydrogen-bond donors (Lipinski definition) is 0. The van der Waals surface area contributed by atoms with E-state index in [-0.39, 0.29) is 36.5 Å². The van der Waals surface area contributed by atoms with Crippen molar-refractivity contribution in [1.82, 2.24) is 10.1 Å². The third-order valence-electron chi connectivity index (χ3n) is 9.49. The van der Waals surface area contributed by atoms with E-state index in [9.17, 15) is 9.59 Å². The molecule has 43 heavy (non-hydrogen) atoms. The topological polar surface area (TPSA) is 94.8 Å². The predicted octanol–water partition coefficient (Wildman–Crippen LogP) is 7.90. The minimum Gasteiger partial charge on any atom is -0.465 e. The van der Waals surface area contributed by atoms with Crippen molar-refractivity contribution in [2.24, 2.45) is 5.92 Å². The van der Waals surface area contributed by atoms with E-state index in [2.05, 4.69) is 5.16 Å². The lowest BCUT2D eigenvalue weighted by molar-refractivity contribution is -0.126. The van der Waals surface area contributed by atoms with E-state index in [1.165, 1.54) is 24.9 Å². The van der Waals surface area contributed by atoms with Crippen LogP contribution >= 0.6 is 34.5 Å². The van der Waals surface area contributed by atoms with Gasteiger partial charge in [0.05, 0.1) is 51.6 Å². The van der Waals surface area contributed by atoms with E-state index in [0.717, 1.165) is 65.6 Å². The van der Waals surface area contributed by atoms with Gasteiger partial charge >= 0.3 is 5.97 Å². The highest BCUT2D eigenvalue weighted by Crippen LogP contribution is 2.49. The first-order chi connectivity index (χ1) is 20.9. The molecular formula is C32H29Cl2N3O5S. The van der Waals surface area contributed by atoms with Gasteiger partial charge in [0.1, 0.15) is 11.5 Å². The Labute approximate surface area is 262 Å². The fraction of sp³-hybridized carbons (Fsp3) is 0.438. The largest absolute Gasteiger partial charge is 0.465 e. The van der Waals surface area contributed by atoms with Crippen LogP contribution in [0.5, 0.6) is 0 Å². The minimum atomic E-state index is -0.355. The van der Waals surface area contributed by atoms with Crippen LogP contribution in [0.15, 0.2) is 34.9 Å². The molecule has 0 N–H and O–H groups in total. The lowest BCUT2D eigenvalue weighted by atomic mass is 9.79. The van der Waals surface area contributed by atoms with E-state index in [1.807, 2.05) is 17.0 Å². The van der Waals surface area contributed by atoms with Crippen LogP contribution in [-0.2, 0) is 20.9 Å². The highest BCUT2D eigenvalue weighted by Gasteiger charge is 2.53. The van der Waals surface area contributed by atoms with Gasteiger partial charge in [0.2, 0.25) is 5.91 Å². The average molecular weight is 639 g/mol. The van der Waals surface area contributed by atoms with Gasteiger partial charge in [0.25, 0.3) is 0 Å². The molecule has 11 heteroatoms. The van der Waals surface area contributed by atoms with Gasteiger partial charge in [-0.25, -0.2) is 9.78 Å². The van der Waals surface area contributed by atoms with Gasteiger partial charge in [-0.3, -0.25) is 9.69 Å². The number of rotatable bonds is 8. The van der Waals surface area contributed by atoms with Crippen molar-refractivity contribution in [2.75, 3.05) is 12.0 Å². The van der Waals surface area contributed by atoms with Gasteiger partial charge in [0.15, 0.2) is 5.13 Å². The van der Waals surface area contributed by atoms with Crippen LogP contribution in [-0.4, -0.2) is 41.3 Å². The summed E-state index contributed by atoms with van der Waals surface area (Å²) >= 11 is 14.5. The quantitative estimate of drug-likeness (QED) is 0.181. The summed E-state index contributed by atoms with van der Waals surface area (Å²) in [5.74, 6) is 0.971. The van der Waals surface area contributed by atoms with E-state index in [4.69, 9.17) is 42.2 Å². The smallest absolute Gasteiger partial charge is 0.337 e. The molecule has 4 aliphatic rings. The molecule has 4 fully saturated rings. The number of fused-ring (bicyclic) bond motifs is 3. The summed E-state index contributed by atoms with van der Waals surface area (Å²) in [6.07, 6.45) is 6.67. The Morgan fingerprint density at radius 2 is 1.91 bits per heavy atom. The number of anilines is 1. The molecule has 0 radical (unpaired) electrons. The van der Waals surface area contributed by atoms with E-state index in [1.54, 1.807) is 18.2 Å². The van der Waals surface area contributed by atoms with Crippen LogP contribution in [0.1, 0.15) is 84.0 Å². The molecule has 8 nitrogen and oxygen atoms in total. The van der Waals surface area contributed by atoms with Crippen molar-refractivity contribution in [2.45, 2.75) is 75.5 Å². The zero-order valence-corrected chi connectivity index (χ0v) is 25.8. The van der Waals surface area contributed by atoms with Crippen molar-refractivity contribution in [3.05, 3.63) is 62.8 Å². The molecule has 3 saturated carbocycles. The zero-order chi connectivity index (χ0) is 29.4. The number of carbonyl (C=O) groups is 2. The maximum Gasteiger partial charge on any atom is 0.337 e. The van der Waals surface area contributed by atoms with Crippen LogP contribution in [0.2, 0.25) is 10.0 Å². The number of halogens is 2. The van der Waals surface area contributed by atoms with Gasteiger partial charge < -0.3 is 14.0 Å². The van der Waals surface area contributed by atoms with E-state index < -0.39 is 0 Å². The Morgan fingerprint density at radius 1 is 1.12 bits per heavy atom. The molecule has 3 atom stereocenters. The molecule has 0 spiro atoms. The zero-order valence-electron chi connectivity index (χ0n) is 23.5. The molecule has 4 aromatic rings. The van der Waals surface area contributed by atoms with Crippen molar-refractivity contribution in [3.8, 4) is 11.3 Å². The number of ether oxygens (including phenoxy) is 2. The lowest BCUT2D eigenvalue weighted by Crippen LogP contribution is -2.43. The number of carbonyl (C=O) groups excluding carboxylic acids is 2. The summed E-state index contributed by atoms with van der Waals surface area (Å²) in [6.45, 7) is 0.273. The second-order valence-corrected chi connectivity index (χ2v) is 13.9. The molecule has 1 aliphatic heterocycles. The summed E-state index contributed by atoms with van der Waals surface area (Å²) in [6, 6.07) is 9.16. The summed E-state index contributed by atoms with van der Waals surface area (Å²) in [5.41, 5.74) is 4.62. The highest BCUT2D eigenvalue weighted by atomic mass is 35.5. The lowest BCUT2D eigenvalue weighted by Gasteiger charge is -2.29. The average Bonchev–Trinajstić information content (AvgIpc) is 3.27. The number of amides is 1. The SMILES string of the molecule is COC(=O)c1cc(C2CCC2)c2nc(N3C(=O)[C@@H]4C[C@H]3C[C@H]4OCc3c(-c4c(Cl)cccc4Cl)noc3C3CC3)sc2c1. The molecule has 3 aliphatic carbocycles.